The zero-order valence-electron chi connectivity index (χ0n) is 79.5. The zero-order chi connectivity index (χ0) is 87.2. The molecule has 1 unspecified atom stereocenters. The molecule has 0 aromatic heterocycles. The summed E-state index contributed by atoms with van der Waals surface area (Å²) in [5, 5.41) is 36.1. The van der Waals surface area contributed by atoms with Crippen LogP contribution in [0.5, 0.6) is 11.5 Å². The molecule has 116 heavy (non-hydrogen) atoms. The van der Waals surface area contributed by atoms with Crippen molar-refractivity contribution < 1.29 is 67.3 Å². The lowest BCUT2D eigenvalue weighted by Crippen LogP contribution is -2.59. The standard InChI is InChI=1S/C30H56N2O4.C28H52N2O4.C20H32O3.C19H30O3.H2S/c1-10-22(26(34)36-24-20-29(6,7)32-30(8,9)21-24)16-14-12-11-13-15-17-25(33)35-23-18-27(2,3)31-28(4,5)19-23;1-25(2)17-21(18-26(3,4)29-25)33-23(31)15-13-11-9-10-12-14-16-24(32)34-22-19-27(5,6)30-28(7,8)20-22;1-18(2,3)14-9-13(10-15(16(14)21)19(4,5)6)17-22-11-20(7,8)12-23-17;1-12-10-21-17(22-11-12)13-8-14(18(2,3)4)16(20)15(9-13)19(5,6)7;/h22-24,31-32H,10-21H2,1-9H3;21-22,29-30H,9-20H2,1-8H3;9-10,17,21H,11-12H2,1-8H3;8-9,12,17,20H,10-11H2,1-7H3;1H2. The van der Waals surface area contributed by atoms with Gasteiger partial charge in [-0.1, -0.05) is 162 Å². The average Bonchev–Trinajstić information content (AvgIpc) is 0.775. The molecule has 0 bridgehead atoms. The summed E-state index contributed by atoms with van der Waals surface area (Å²) >= 11 is 0. The van der Waals surface area contributed by atoms with Crippen molar-refractivity contribution in [1.29, 1.82) is 0 Å². The fourth-order valence-electron chi connectivity index (χ4n) is 18.7. The van der Waals surface area contributed by atoms with Crippen molar-refractivity contribution >= 4 is 37.4 Å². The first-order valence-electron chi connectivity index (χ1n) is 44.6. The van der Waals surface area contributed by atoms with Crippen molar-refractivity contribution in [2.24, 2.45) is 17.3 Å². The van der Waals surface area contributed by atoms with E-state index in [-0.39, 0.29) is 152 Å². The maximum atomic E-state index is 12.9. The molecule has 6 aliphatic rings. The van der Waals surface area contributed by atoms with E-state index in [1.807, 2.05) is 24.3 Å². The van der Waals surface area contributed by atoms with E-state index >= 15 is 0 Å². The Morgan fingerprint density at radius 1 is 0.388 bits per heavy atom. The molecule has 0 spiro atoms. The highest BCUT2D eigenvalue weighted by atomic mass is 32.1. The van der Waals surface area contributed by atoms with Gasteiger partial charge in [0.2, 0.25) is 0 Å². The Bertz CT molecular complexity index is 3210. The number of phenols is 2. The van der Waals surface area contributed by atoms with Crippen LogP contribution in [0, 0.1) is 17.3 Å². The molecule has 0 amide bonds. The van der Waals surface area contributed by atoms with Crippen LogP contribution in [-0.2, 0) is 78.7 Å². The smallest absolute Gasteiger partial charge is 0.309 e. The van der Waals surface area contributed by atoms with Gasteiger partial charge >= 0.3 is 23.9 Å². The van der Waals surface area contributed by atoms with Crippen molar-refractivity contribution in [3.05, 3.63) is 57.6 Å². The molecular formula is C97H172N4O14S. The molecule has 6 heterocycles. The fourth-order valence-corrected chi connectivity index (χ4v) is 18.7. The van der Waals surface area contributed by atoms with E-state index in [1.165, 1.54) is 0 Å². The van der Waals surface area contributed by atoms with Gasteiger partial charge in [0, 0.05) is 137 Å². The van der Waals surface area contributed by atoms with E-state index < -0.39 is 0 Å². The molecule has 8 rings (SSSR count). The highest BCUT2D eigenvalue weighted by Crippen LogP contribution is 2.46. The molecular weight excluding hydrogens is 1480 g/mol. The number of phenolic OH excluding ortho intramolecular Hbond substituents is 2. The summed E-state index contributed by atoms with van der Waals surface area (Å²) in [5.74, 6) is 0.987. The maximum Gasteiger partial charge on any atom is 0.309 e. The summed E-state index contributed by atoms with van der Waals surface area (Å²) < 4.78 is 47.0. The lowest BCUT2D eigenvalue weighted by atomic mass is 9.78. The minimum Gasteiger partial charge on any atom is -0.507 e. The molecule has 0 saturated carbocycles. The monoisotopic (exact) mass is 1650 g/mol. The van der Waals surface area contributed by atoms with Gasteiger partial charge in [-0.05, 0) is 211 Å². The molecule has 6 fully saturated rings. The Balaban J connectivity index is 0.000000331. The molecule has 0 radical (unpaired) electrons. The molecule has 6 N–H and O–H groups in total. The molecule has 670 valence electrons. The van der Waals surface area contributed by atoms with Gasteiger partial charge in [-0.15, -0.1) is 0 Å². The summed E-state index contributed by atoms with van der Waals surface area (Å²) in [6, 6.07) is 8.14. The van der Waals surface area contributed by atoms with E-state index in [0.717, 1.165) is 168 Å². The summed E-state index contributed by atoms with van der Waals surface area (Å²) in [4.78, 5) is 49.8. The highest BCUT2D eigenvalue weighted by molar-refractivity contribution is 7.59. The Hall–Kier alpha value is -4.05. The summed E-state index contributed by atoms with van der Waals surface area (Å²) in [6.07, 6.45) is 20.5. The topological polar surface area (TPSA) is 231 Å². The molecule has 18 nitrogen and oxygen atoms in total. The van der Waals surface area contributed by atoms with Crippen LogP contribution < -0.4 is 21.3 Å². The number of carbonyl (C=O) groups excluding carboxylic acids is 4. The van der Waals surface area contributed by atoms with Crippen LogP contribution in [0.2, 0.25) is 0 Å². The van der Waals surface area contributed by atoms with Crippen LogP contribution in [0.3, 0.4) is 0 Å². The molecule has 6 saturated heterocycles. The minimum atomic E-state index is -0.356. The normalized spacial score (nSPS) is 22.9. The van der Waals surface area contributed by atoms with Crippen LogP contribution in [0.15, 0.2) is 24.3 Å². The van der Waals surface area contributed by atoms with Gasteiger partial charge in [0.05, 0.1) is 32.3 Å². The van der Waals surface area contributed by atoms with Crippen LogP contribution >= 0.6 is 13.5 Å². The largest absolute Gasteiger partial charge is 0.507 e. The lowest BCUT2D eigenvalue weighted by molar-refractivity contribution is -0.226. The molecule has 0 aliphatic carbocycles. The zero-order valence-corrected chi connectivity index (χ0v) is 80.5. The third-order valence-electron chi connectivity index (χ3n) is 22.9. The number of esters is 4. The second kappa shape index (κ2) is 42.4. The van der Waals surface area contributed by atoms with E-state index in [9.17, 15) is 29.4 Å². The number of rotatable bonds is 25. The number of aromatic hydroxyl groups is 2. The number of ether oxygens (including phenoxy) is 8. The number of unbranched alkanes of at least 4 members (excludes halogenated alkanes) is 9. The number of piperidine rings is 4. The first kappa shape index (κ1) is 104. The van der Waals surface area contributed by atoms with Gasteiger partial charge in [0.25, 0.3) is 0 Å². The number of nitrogens with one attached hydrogen (secondary N) is 4. The Morgan fingerprint density at radius 3 is 0.871 bits per heavy atom. The molecule has 1 atom stereocenters. The van der Waals surface area contributed by atoms with Crippen molar-refractivity contribution in [3.63, 3.8) is 0 Å². The van der Waals surface area contributed by atoms with E-state index in [4.69, 9.17) is 37.9 Å². The predicted octanol–water partition coefficient (Wildman–Crippen LogP) is 22.1. The first-order chi connectivity index (χ1) is 52.4. The summed E-state index contributed by atoms with van der Waals surface area (Å²) in [6.45, 7) is 71.4. The maximum absolute atomic E-state index is 12.9. The second-order valence-corrected chi connectivity index (χ2v) is 45.8. The quantitative estimate of drug-likeness (QED) is 0.0308. The summed E-state index contributed by atoms with van der Waals surface area (Å²) in [5.41, 5.74) is 5.11. The minimum absolute atomic E-state index is 0. The van der Waals surface area contributed by atoms with Gasteiger partial charge in [0.15, 0.2) is 12.6 Å². The first-order valence-corrected chi connectivity index (χ1v) is 44.6. The van der Waals surface area contributed by atoms with E-state index in [0.29, 0.717) is 63.1 Å². The fraction of sp³-hybridized carbons (Fsp3) is 0.835. The Labute approximate surface area is 713 Å². The number of carbonyl (C=O) groups is 4. The van der Waals surface area contributed by atoms with Crippen molar-refractivity contribution in [1.82, 2.24) is 21.3 Å². The average molecular weight is 1650 g/mol. The number of hydrogen-bond donors (Lipinski definition) is 6. The van der Waals surface area contributed by atoms with Gasteiger partial charge in [-0.2, -0.15) is 13.5 Å². The van der Waals surface area contributed by atoms with Crippen molar-refractivity contribution in [3.8, 4) is 11.5 Å². The number of benzene rings is 2. The van der Waals surface area contributed by atoms with E-state index in [2.05, 4.69) is 243 Å². The van der Waals surface area contributed by atoms with Crippen molar-refractivity contribution in [2.75, 3.05) is 26.4 Å². The van der Waals surface area contributed by atoms with Gasteiger partial charge in [0.1, 0.15) is 35.9 Å². The molecule has 6 aliphatic heterocycles. The van der Waals surface area contributed by atoms with Gasteiger partial charge < -0.3 is 69.4 Å². The number of hydrogen-bond acceptors (Lipinski definition) is 18. The highest BCUT2D eigenvalue weighted by Gasteiger charge is 2.44. The Morgan fingerprint density at radius 2 is 0.621 bits per heavy atom. The molecule has 2 aromatic rings. The van der Waals surface area contributed by atoms with Crippen LogP contribution in [0.1, 0.15) is 422 Å². The molecule has 19 heteroatoms. The van der Waals surface area contributed by atoms with Crippen molar-refractivity contribution in [2.45, 2.75) is 479 Å². The predicted molar refractivity (Wildman–Crippen MR) is 478 cm³/mol. The third kappa shape index (κ3) is 36.6. The van der Waals surface area contributed by atoms with Gasteiger partial charge in [-0.3, -0.25) is 19.2 Å². The Kier molecular flexibility index (Phi) is 38.1. The van der Waals surface area contributed by atoms with Crippen LogP contribution in [0.25, 0.3) is 0 Å². The van der Waals surface area contributed by atoms with Gasteiger partial charge in [-0.25, -0.2) is 0 Å². The second-order valence-electron chi connectivity index (χ2n) is 45.8. The lowest BCUT2D eigenvalue weighted by Gasteiger charge is -2.46. The van der Waals surface area contributed by atoms with Crippen LogP contribution in [0.4, 0.5) is 0 Å². The van der Waals surface area contributed by atoms with Crippen LogP contribution in [-0.4, -0.2) is 129 Å². The third-order valence-corrected chi connectivity index (χ3v) is 22.9. The summed E-state index contributed by atoms with van der Waals surface area (Å²) in [7, 11) is 0. The molecule has 2 aromatic carbocycles. The van der Waals surface area contributed by atoms with E-state index in [1.54, 1.807) is 0 Å². The SMILES string of the molecule is CC1(C)CC(OC(=O)CCCCCCCCC(=O)OC2CC(C)(C)NC(C)(C)C2)CC(C)(C)N1.CC1(C)COC(c2cc(C(C)(C)C)c(O)c(C(C)(C)C)c2)OC1.CC1COC(c2cc(C(C)(C)C)c(O)c(C(C)(C)C)c2)OC1.CCC(CCCCCCCC(=O)OC1CC(C)(C)NC(C)(C)C1)C(=O)OC1CC(C)(C)NC(C)(C)C1.S.